The summed E-state index contributed by atoms with van der Waals surface area (Å²) in [7, 11) is 0. The Labute approximate surface area is 113 Å². The van der Waals surface area contributed by atoms with Gasteiger partial charge in [0.2, 0.25) is 0 Å². The molecule has 0 aliphatic rings. The first-order valence-corrected chi connectivity index (χ1v) is 7.19. The van der Waals surface area contributed by atoms with Gasteiger partial charge in [-0.05, 0) is 39.5 Å². The summed E-state index contributed by atoms with van der Waals surface area (Å²) in [6.45, 7) is 2.17. The van der Waals surface area contributed by atoms with Gasteiger partial charge in [-0.1, -0.05) is 42.8 Å². The van der Waals surface area contributed by atoms with Gasteiger partial charge in [0.15, 0.2) is 0 Å². The van der Waals surface area contributed by atoms with Crippen LogP contribution in [-0.4, -0.2) is 0 Å². The van der Waals surface area contributed by atoms with E-state index in [0.717, 1.165) is 21.7 Å². The molecular formula is C13H12BrClS. The highest BCUT2D eigenvalue weighted by atomic mass is 79.9. The van der Waals surface area contributed by atoms with E-state index in [1.54, 1.807) is 11.3 Å². The lowest BCUT2D eigenvalue weighted by Gasteiger charge is -2.01. The predicted octanol–water partition coefficient (Wildman–Crippen LogP) is 5.32. The monoisotopic (exact) mass is 314 g/mol. The topological polar surface area (TPSA) is 0 Å². The highest BCUT2D eigenvalue weighted by Crippen LogP contribution is 2.32. The van der Waals surface area contributed by atoms with Crippen molar-refractivity contribution in [3.63, 3.8) is 0 Å². The normalized spacial score (nSPS) is 10.7. The minimum atomic E-state index is 0.858. The molecule has 0 unspecified atom stereocenters. The maximum Gasteiger partial charge on any atom is 0.0716 e. The van der Waals surface area contributed by atoms with Crippen molar-refractivity contribution >= 4 is 38.9 Å². The molecule has 0 atom stereocenters. The first-order chi connectivity index (χ1) is 7.69. The fourth-order valence-electron chi connectivity index (χ4n) is 1.57. The Morgan fingerprint density at radius 3 is 2.31 bits per heavy atom. The van der Waals surface area contributed by atoms with Gasteiger partial charge in [0.05, 0.1) is 8.81 Å². The highest BCUT2D eigenvalue weighted by molar-refractivity contribution is 9.11. The second-order valence-electron chi connectivity index (χ2n) is 3.67. The van der Waals surface area contributed by atoms with E-state index in [-0.39, 0.29) is 0 Å². The molecule has 3 heteroatoms. The van der Waals surface area contributed by atoms with Crippen molar-refractivity contribution in [1.29, 1.82) is 0 Å². The molecule has 0 nitrogen and oxygen atoms in total. The van der Waals surface area contributed by atoms with Crippen molar-refractivity contribution in [3.8, 4) is 0 Å². The second kappa shape index (κ2) is 5.35. The van der Waals surface area contributed by atoms with Crippen molar-refractivity contribution in [1.82, 2.24) is 0 Å². The molecule has 0 aliphatic carbocycles. The summed E-state index contributed by atoms with van der Waals surface area (Å²) in [6.07, 6.45) is 2.00. The minimum Gasteiger partial charge on any atom is -0.131 e. The molecule has 2 aromatic rings. The van der Waals surface area contributed by atoms with E-state index in [4.69, 9.17) is 11.6 Å². The number of rotatable bonds is 3. The zero-order chi connectivity index (χ0) is 11.5. The van der Waals surface area contributed by atoms with Crippen molar-refractivity contribution in [3.05, 3.63) is 55.1 Å². The quantitative estimate of drug-likeness (QED) is 0.719. The molecule has 0 amide bonds. The maximum atomic E-state index is 6.13. The molecular weight excluding hydrogens is 304 g/mol. The number of benzene rings is 1. The van der Waals surface area contributed by atoms with Crippen LogP contribution in [0.3, 0.4) is 0 Å². The van der Waals surface area contributed by atoms with E-state index in [0.29, 0.717) is 0 Å². The third-order valence-electron chi connectivity index (χ3n) is 2.52. The number of hydrogen-bond donors (Lipinski definition) is 0. The van der Waals surface area contributed by atoms with Gasteiger partial charge < -0.3 is 0 Å². The molecule has 2 rings (SSSR count). The fourth-order valence-corrected chi connectivity index (χ4v) is 3.69. The van der Waals surface area contributed by atoms with E-state index < -0.39 is 0 Å². The number of thiophene rings is 1. The smallest absolute Gasteiger partial charge is 0.0716 e. The molecule has 0 N–H and O–H groups in total. The molecule has 84 valence electrons. The van der Waals surface area contributed by atoms with Crippen LogP contribution in [-0.2, 0) is 12.8 Å². The Balaban J connectivity index is 2.17. The van der Waals surface area contributed by atoms with Crippen molar-refractivity contribution in [2.75, 3.05) is 0 Å². The van der Waals surface area contributed by atoms with Crippen molar-refractivity contribution in [2.45, 2.75) is 19.8 Å². The van der Waals surface area contributed by atoms with Crippen LogP contribution in [0.25, 0.3) is 0 Å². The van der Waals surface area contributed by atoms with E-state index in [1.165, 1.54) is 16.0 Å². The Morgan fingerprint density at radius 1 is 1.19 bits per heavy atom. The fraction of sp³-hybridized carbons (Fsp3) is 0.231. The van der Waals surface area contributed by atoms with Crippen LogP contribution in [0, 0.1) is 0 Å². The maximum absolute atomic E-state index is 6.13. The first-order valence-electron chi connectivity index (χ1n) is 5.20. The molecule has 0 saturated heterocycles. The van der Waals surface area contributed by atoms with Crippen molar-refractivity contribution < 1.29 is 0 Å². The zero-order valence-corrected chi connectivity index (χ0v) is 12.1. The number of halogens is 2. The van der Waals surface area contributed by atoms with E-state index in [2.05, 4.69) is 47.1 Å². The summed E-state index contributed by atoms with van der Waals surface area (Å²) in [5.74, 6) is 0. The highest BCUT2D eigenvalue weighted by Gasteiger charge is 2.06. The third kappa shape index (κ3) is 2.88. The summed E-state index contributed by atoms with van der Waals surface area (Å²) in [4.78, 5) is 1.22. The minimum absolute atomic E-state index is 0.858. The number of aryl methyl sites for hydroxylation is 1. The Morgan fingerprint density at radius 2 is 1.81 bits per heavy atom. The van der Waals surface area contributed by atoms with Gasteiger partial charge >= 0.3 is 0 Å². The lowest BCUT2D eigenvalue weighted by atomic mass is 10.1. The summed E-state index contributed by atoms with van der Waals surface area (Å²) in [5.41, 5.74) is 2.69. The van der Waals surface area contributed by atoms with Crippen LogP contribution < -0.4 is 0 Å². The molecule has 1 aromatic carbocycles. The Kier molecular flexibility index (Phi) is 4.06. The Hall–Kier alpha value is -0.310. The SMILES string of the molecule is CCc1ccc(Cc2sc(Br)cc2Cl)cc1. The molecule has 0 aliphatic heterocycles. The molecule has 1 aromatic heterocycles. The second-order valence-corrected chi connectivity index (χ2v) is 6.59. The van der Waals surface area contributed by atoms with Crippen LogP contribution >= 0.6 is 38.9 Å². The van der Waals surface area contributed by atoms with Crippen LogP contribution in [0.15, 0.2) is 34.1 Å². The molecule has 16 heavy (non-hydrogen) atoms. The lowest BCUT2D eigenvalue weighted by molar-refractivity contribution is 1.12. The summed E-state index contributed by atoms with van der Waals surface area (Å²) >= 11 is 11.3. The van der Waals surface area contributed by atoms with Gasteiger partial charge in [-0.2, -0.15) is 0 Å². The zero-order valence-electron chi connectivity index (χ0n) is 8.97. The van der Waals surface area contributed by atoms with Gasteiger partial charge in [-0.3, -0.25) is 0 Å². The largest absolute Gasteiger partial charge is 0.131 e. The average molecular weight is 316 g/mol. The molecule has 0 bridgehead atoms. The van der Waals surface area contributed by atoms with Gasteiger partial charge in [-0.25, -0.2) is 0 Å². The number of hydrogen-bond acceptors (Lipinski definition) is 1. The van der Waals surface area contributed by atoms with Gasteiger partial charge in [0.1, 0.15) is 0 Å². The van der Waals surface area contributed by atoms with E-state index >= 15 is 0 Å². The van der Waals surface area contributed by atoms with Gasteiger partial charge in [-0.15, -0.1) is 11.3 Å². The first kappa shape index (κ1) is 12.2. The van der Waals surface area contributed by atoms with Gasteiger partial charge in [0, 0.05) is 11.3 Å². The summed E-state index contributed by atoms with van der Waals surface area (Å²) in [6, 6.07) is 10.7. The lowest BCUT2D eigenvalue weighted by Crippen LogP contribution is -1.86. The summed E-state index contributed by atoms with van der Waals surface area (Å²) in [5, 5.41) is 0.858. The van der Waals surface area contributed by atoms with Gasteiger partial charge in [0.25, 0.3) is 0 Å². The summed E-state index contributed by atoms with van der Waals surface area (Å²) < 4.78 is 1.10. The molecule has 0 spiro atoms. The molecule has 0 saturated carbocycles. The molecule has 0 radical (unpaired) electrons. The standard InChI is InChI=1S/C13H12BrClS/c1-2-9-3-5-10(6-4-9)7-12-11(15)8-13(14)16-12/h3-6,8H,2,7H2,1H3. The third-order valence-corrected chi connectivity index (χ3v) is 4.61. The van der Waals surface area contributed by atoms with Crippen LogP contribution in [0.5, 0.6) is 0 Å². The predicted molar refractivity (Wildman–Crippen MR) is 75.7 cm³/mol. The van der Waals surface area contributed by atoms with Crippen molar-refractivity contribution in [2.24, 2.45) is 0 Å². The van der Waals surface area contributed by atoms with E-state index in [9.17, 15) is 0 Å². The van der Waals surface area contributed by atoms with Crippen LogP contribution in [0.4, 0.5) is 0 Å². The van der Waals surface area contributed by atoms with Crippen LogP contribution in [0.2, 0.25) is 5.02 Å². The Bertz CT molecular complexity index is 473. The average Bonchev–Trinajstić information content (AvgIpc) is 2.59. The van der Waals surface area contributed by atoms with Crippen LogP contribution in [0.1, 0.15) is 22.9 Å². The molecule has 0 fully saturated rings. The van der Waals surface area contributed by atoms with E-state index in [1.807, 2.05) is 6.07 Å². The molecule has 1 heterocycles.